The molecule has 0 aliphatic rings. The number of benzene rings is 2. The SMILES string of the molecule is Cc1cccc(C(=O)Oc2ccc3cc(C(=O)NC(C)C)c(=O)oc3c2)c1. The number of nitrogens with one attached hydrogen (secondary N) is 1. The second kappa shape index (κ2) is 7.45. The van der Waals surface area contributed by atoms with E-state index in [1.165, 1.54) is 12.1 Å². The molecule has 0 saturated heterocycles. The van der Waals surface area contributed by atoms with E-state index in [0.717, 1.165) is 5.56 Å². The Balaban J connectivity index is 1.88. The molecular weight excluding hydrogens is 346 g/mol. The van der Waals surface area contributed by atoms with Gasteiger partial charge in [0.15, 0.2) is 0 Å². The van der Waals surface area contributed by atoms with E-state index >= 15 is 0 Å². The van der Waals surface area contributed by atoms with Crippen LogP contribution in [0.15, 0.2) is 57.7 Å². The van der Waals surface area contributed by atoms with Crippen molar-refractivity contribution < 1.29 is 18.7 Å². The van der Waals surface area contributed by atoms with E-state index in [4.69, 9.17) is 9.15 Å². The first kappa shape index (κ1) is 18.4. The van der Waals surface area contributed by atoms with Gasteiger partial charge in [-0.3, -0.25) is 4.79 Å². The molecule has 1 amide bonds. The van der Waals surface area contributed by atoms with Gasteiger partial charge in [-0.25, -0.2) is 9.59 Å². The van der Waals surface area contributed by atoms with Crippen LogP contribution in [0.3, 0.4) is 0 Å². The zero-order valence-corrected chi connectivity index (χ0v) is 15.2. The summed E-state index contributed by atoms with van der Waals surface area (Å²) in [7, 11) is 0. The molecule has 0 radical (unpaired) electrons. The van der Waals surface area contributed by atoms with E-state index in [0.29, 0.717) is 10.9 Å². The van der Waals surface area contributed by atoms with Crippen LogP contribution >= 0.6 is 0 Å². The molecule has 138 valence electrons. The summed E-state index contributed by atoms with van der Waals surface area (Å²) in [4.78, 5) is 36.4. The maximum absolute atomic E-state index is 12.2. The van der Waals surface area contributed by atoms with Crippen molar-refractivity contribution in [3.05, 3.63) is 75.6 Å². The predicted molar refractivity (Wildman–Crippen MR) is 101 cm³/mol. The molecule has 2 aromatic carbocycles. The molecule has 0 unspecified atom stereocenters. The standard InChI is InChI=1S/C21H19NO5/c1-12(2)22-19(23)17-10-14-7-8-16(11-18(14)27-21(17)25)26-20(24)15-6-4-5-13(3)9-15/h4-12H,1-3H3,(H,22,23). The van der Waals surface area contributed by atoms with Crippen LogP contribution in [0.25, 0.3) is 11.0 Å². The Bertz CT molecular complexity index is 1080. The molecule has 0 atom stereocenters. The van der Waals surface area contributed by atoms with Crippen molar-refractivity contribution in [2.45, 2.75) is 26.8 Å². The molecule has 0 bridgehead atoms. The van der Waals surface area contributed by atoms with E-state index < -0.39 is 17.5 Å². The van der Waals surface area contributed by atoms with Gasteiger partial charge in [0, 0.05) is 17.5 Å². The summed E-state index contributed by atoms with van der Waals surface area (Å²) in [6.07, 6.45) is 0. The minimum atomic E-state index is -0.747. The van der Waals surface area contributed by atoms with Crippen LogP contribution < -0.4 is 15.7 Å². The minimum Gasteiger partial charge on any atom is -0.423 e. The Kier molecular flexibility index (Phi) is 5.07. The lowest BCUT2D eigenvalue weighted by Gasteiger charge is -2.08. The Hall–Kier alpha value is -3.41. The van der Waals surface area contributed by atoms with E-state index in [-0.39, 0.29) is 22.9 Å². The normalized spacial score (nSPS) is 10.8. The predicted octanol–water partition coefficient (Wildman–Crippen LogP) is 3.46. The second-order valence-electron chi connectivity index (χ2n) is 6.53. The second-order valence-corrected chi connectivity index (χ2v) is 6.53. The third kappa shape index (κ3) is 4.23. The van der Waals surface area contributed by atoms with Gasteiger partial charge in [0.05, 0.1) is 5.56 Å². The van der Waals surface area contributed by atoms with Crippen molar-refractivity contribution in [1.29, 1.82) is 0 Å². The topological polar surface area (TPSA) is 85.6 Å². The molecule has 27 heavy (non-hydrogen) atoms. The van der Waals surface area contributed by atoms with Gasteiger partial charge in [-0.1, -0.05) is 17.7 Å². The molecule has 3 aromatic rings. The molecule has 3 rings (SSSR count). The Morgan fingerprint density at radius 2 is 1.85 bits per heavy atom. The van der Waals surface area contributed by atoms with E-state index in [9.17, 15) is 14.4 Å². The zero-order chi connectivity index (χ0) is 19.6. The monoisotopic (exact) mass is 365 g/mol. The summed E-state index contributed by atoms with van der Waals surface area (Å²) in [5.74, 6) is -0.750. The molecule has 0 fully saturated rings. The van der Waals surface area contributed by atoms with Crippen LogP contribution in [-0.2, 0) is 0 Å². The number of carbonyl (C=O) groups excluding carboxylic acids is 2. The van der Waals surface area contributed by atoms with E-state index in [1.54, 1.807) is 44.2 Å². The van der Waals surface area contributed by atoms with Gasteiger partial charge < -0.3 is 14.5 Å². The zero-order valence-electron chi connectivity index (χ0n) is 15.2. The van der Waals surface area contributed by atoms with Gasteiger partial charge in [0.2, 0.25) is 0 Å². The van der Waals surface area contributed by atoms with Crippen LogP contribution in [0, 0.1) is 6.92 Å². The maximum atomic E-state index is 12.2. The molecular formula is C21H19NO5. The first-order valence-corrected chi connectivity index (χ1v) is 8.51. The smallest absolute Gasteiger partial charge is 0.349 e. The van der Waals surface area contributed by atoms with Gasteiger partial charge in [0.1, 0.15) is 16.9 Å². The van der Waals surface area contributed by atoms with Gasteiger partial charge in [0.25, 0.3) is 5.91 Å². The number of fused-ring (bicyclic) bond motifs is 1. The number of aryl methyl sites for hydroxylation is 1. The largest absolute Gasteiger partial charge is 0.423 e. The molecule has 6 heteroatoms. The van der Waals surface area contributed by atoms with Crippen molar-refractivity contribution in [3.8, 4) is 5.75 Å². The molecule has 1 heterocycles. The van der Waals surface area contributed by atoms with Crippen LogP contribution in [-0.4, -0.2) is 17.9 Å². The average Bonchev–Trinajstić information content (AvgIpc) is 2.60. The Morgan fingerprint density at radius 1 is 1.07 bits per heavy atom. The summed E-state index contributed by atoms with van der Waals surface area (Å²) < 4.78 is 10.6. The van der Waals surface area contributed by atoms with E-state index in [2.05, 4.69) is 5.32 Å². The fraction of sp³-hybridized carbons (Fsp3) is 0.190. The fourth-order valence-electron chi connectivity index (χ4n) is 2.59. The van der Waals surface area contributed by atoms with Crippen molar-refractivity contribution in [2.75, 3.05) is 0 Å². The summed E-state index contributed by atoms with van der Waals surface area (Å²) in [5, 5.41) is 3.21. The van der Waals surface area contributed by atoms with Crippen LogP contribution in [0.2, 0.25) is 0 Å². The van der Waals surface area contributed by atoms with Gasteiger partial charge >= 0.3 is 11.6 Å². The Labute approximate surface area is 155 Å². The molecule has 6 nitrogen and oxygen atoms in total. The third-order valence-electron chi connectivity index (χ3n) is 3.84. The summed E-state index contributed by atoms with van der Waals surface area (Å²) in [6.45, 7) is 5.49. The number of rotatable bonds is 4. The molecule has 1 N–H and O–H groups in total. The quantitative estimate of drug-likeness (QED) is 0.435. The van der Waals surface area contributed by atoms with Gasteiger partial charge in [-0.05, 0) is 51.1 Å². The number of ether oxygens (including phenoxy) is 1. The van der Waals surface area contributed by atoms with Crippen molar-refractivity contribution >= 4 is 22.8 Å². The van der Waals surface area contributed by atoms with Gasteiger partial charge in [-0.15, -0.1) is 0 Å². The summed E-state index contributed by atoms with van der Waals surface area (Å²) in [5.41, 5.74) is 0.789. The highest BCUT2D eigenvalue weighted by Crippen LogP contribution is 2.21. The minimum absolute atomic E-state index is 0.0688. The maximum Gasteiger partial charge on any atom is 0.349 e. The lowest BCUT2D eigenvalue weighted by atomic mass is 10.1. The van der Waals surface area contributed by atoms with Crippen molar-refractivity contribution in [2.24, 2.45) is 0 Å². The van der Waals surface area contributed by atoms with E-state index in [1.807, 2.05) is 13.0 Å². The lowest BCUT2D eigenvalue weighted by molar-refractivity contribution is 0.0734. The highest BCUT2D eigenvalue weighted by molar-refractivity contribution is 5.97. The number of amides is 1. The molecule has 0 aliphatic heterocycles. The fourth-order valence-corrected chi connectivity index (χ4v) is 2.59. The molecule has 0 spiro atoms. The Morgan fingerprint density at radius 3 is 2.56 bits per heavy atom. The lowest BCUT2D eigenvalue weighted by Crippen LogP contribution is -2.33. The van der Waals surface area contributed by atoms with Crippen LogP contribution in [0.5, 0.6) is 5.75 Å². The summed E-state index contributed by atoms with van der Waals surface area (Å²) >= 11 is 0. The highest BCUT2D eigenvalue weighted by Gasteiger charge is 2.15. The number of carbonyl (C=O) groups is 2. The third-order valence-corrected chi connectivity index (χ3v) is 3.84. The highest BCUT2D eigenvalue weighted by atomic mass is 16.5. The van der Waals surface area contributed by atoms with Crippen LogP contribution in [0.4, 0.5) is 0 Å². The first-order chi connectivity index (χ1) is 12.8. The summed E-state index contributed by atoms with van der Waals surface area (Å²) in [6, 6.07) is 13.1. The number of esters is 1. The van der Waals surface area contributed by atoms with Crippen molar-refractivity contribution in [3.63, 3.8) is 0 Å². The number of hydrogen-bond acceptors (Lipinski definition) is 5. The molecule has 0 aliphatic carbocycles. The number of hydrogen-bond donors (Lipinski definition) is 1. The molecule has 1 aromatic heterocycles. The average molecular weight is 365 g/mol. The van der Waals surface area contributed by atoms with Crippen LogP contribution in [0.1, 0.15) is 40.1 Å². The van der Waals surface area contributed by atoms with Gasteiger partial charge in [-0.2, -0.15) is 0 Å². The van der Waals surface area contributed by atoms with Crippen molar-refractivity contribution in [1.82, 2.24) is 5.32 Å². The first-order valence-electron chi connectivity index (χ1n) is 8.51. The molecule has 0 saturated carbocycles.